The number of hydrogen-bond acceptors (Lipinski definition) is 6. The molecule has 0 bridgehead atoms. The summed E-state index contributed by atoms with van der Waals surface area (Å²) in [5, 5.41) is 4.16. The number of benzene rings is 1. The third kappa shape index (κ3) is 6.16. The molecule has 0 fully saturated rings. The maximum absolute atomic E-state index is 12.1. The third-order valence-corrected chi connectivity index (χ3v) is 4.50. The first kappa shape index (κ1) is 20.6. The van der Waals surface area contributed by atoms with Gasteiger partial charge in [0.15, 0.2) is 6.10 Å². The van der Waals surface area contributed by atoms with Gasteiger partial charge in [0.25, 0.3) is 5.91 Å². The van der Waals surface area contributed by atoms with Gasteiger partial charge in [-0.3, -0.25) is 10.1 Å². The van der Waals surface area contributed by atoms with Gasteiger partial charge in [0.05, 0.1) is 10.5 Å². The van der Waals surface area contributed by atoms with Crippen molar-refractivity contribution in [3.05, 3.63) is 29.8 Å². The fourth-order valence-corrected chi connectivity index (χ4v) is 2.85. The molecule has 0 saturated carbocycles. The van der Waals surface area contributed by atoms with Crippen LogP contribution in [-0.4, -0.2) is 46.0 Å². The summed E-state index contributed by atoms with van der Waals surface area (Å²) in [7, 11) is -2.40. The SMILES string of the molecule is CCCNS(=O)(=O)c1cccc(C(=O)O[C@@H](C)C(=O)NC(=O)NC)c1. The Hall–Kier alpha value is -2.46. The van der Waals surface area contributed by atoms with E-state index in [1.165, 1.54) is 32.2 Å². The van der Waals surface area contributed by atoms with E-state index in [4.69, 9.17) is 4.74 Å². The Bertz CT molecular complexity index is 747. The van der Waals surface area contributed by atoms with Crippen LogP contribution in [-0.2, 0) is 19.6 Å². The Morgan fingerprint density at radius 3 is 2.52 bits per heavy atom. The van der Waals surface area contributed by atoms with Gasteiger partial charge >= 0.3 is 12.0 Å². The summed E-state index contributed by atoms with van der Waals surface area (Å²) in [4.78, 5) is 34.7. The summed E-state index contributed by atoms with van der Waals surface area (Å²) in [5.74, 6) is -1.69. The Morgan fingerprint density at radius 1 is 1.24 bits per heavy atom. The molecule has 0 aliphatic heterocycles. The maximum atomic E-state index is 12.1. The van der Waals surface area contributed by atoms with Crippen LogP contribution in [0.2, 0.25) is 0 Å². The average molecular weight is 371 g/mol. The summed E-state index contributed by atoms with van der Waals surface area (Å²) in [6.45, 7) is 3.38. The molecule has 3 N–H and O–H groups in total. The lowest BCUT2D eigenvalue weighted by atomic mass is 10.2. The Labute approximate surface area is 146 Å². The van der Waals surface area contributed by atoms with Crippen molar-refractivity contribution in [2.45, 2.75) is 31.3 Å². The second-order valence-electron chi connectivity index (χ2n) is 5.04. The van der Waals surface area contributed by atoms with Gasteiger partial charge in [0.1, 0.15) is 0 Å². The quantitative estimate of drug-likeness (QED) is 0.594. The Morgan fingerprint density at radius 2 is 1.92 bits per heavy atom. The van der Waals surface area contributed by atoms with Gasteiger partial charge < -0.3 is 10.1 Å². The van der Waals surface area contributed by atoms with E-state index in [9.17, 15) is 22.8 Å². The van der Waals surface area contributed by atoms with E-state index in [0.717, 1.165) is 6.07 Å². The van der Waals surface area contributed by atoms with E-state index in [-0.39, 0.29) is 17.0 Å². The predicted octanol–water partition coefficient (Wildman–Crippen LogP) is 0.376. The number of carbonyl (C=O) groups is 3. The molecule has 0 aromatic heterocycles. The molecule has 0 unspecified atom stereocenters. The molecule has 1 atom stereocenters. The van der Waals surface area contributed by atoms with Gasteiger partial charge in [-0.1, -0.05) is 13.0 Å². The number of hydrogen-bond donors (Lipinski definition) is 3. The monoisotopic (exact) mass is 371 g/mol. The lowest BCUT2D eigenvalue weighted by Crippen LogP contribution is -2.43. The van der Waals surface area contributed by atoms with Crippen LogP contribution in [0, 0.1) is 0 Å². The van der Waals surface area contributed by atoms with Crippen LogP contribution in [0.1, 0.15) is 30.6 Å². The molecule has 0 spiro atoms. The minimum absolute atomic E-state index is 0.0287. The molecule has 1 aromatic rings. The molecule has 1 rings (SSSR count). The first-order chi connectivity index (χ1) is 11.7. The van der Waals surface area contributed by atoms with Gasteiger partial charge in [0.2, 0.25) is 10.0 Å². The Kier molecular flexibility index (Phi) is 7.52. The van der Waals surface area contributed by atoms with Crippen molar-refractivity contribution in [1.29, 1.82) is 0 Å². The molecule has 0 radical (unpaired) electrons. The normalized spacial score (nSPS) is 12.1. The maximum Gasteiger partial charge on any atom is 0.338 e. The van der Waals surface area contributed by atoms with E-state index in [1.807, 2.05) is 12.2 Å². The molecule has 0 aliphatic rings. The molecule has 9 nitrogen and oxygen atoms in total. The number of ether oxygens (including phenoxy) is 1. The van der Waals surface area contributed by atoms with Crippen molar-refractivity contribution < 1.29 is 27.5 Å². The number of carbonyl (C=O) groups excluding carboxylic acids is 3. The van der Waals surface area contributed by atoms with Crippen molar-refractivity contribution in [3.8, 4) is 0 Å². The third-order valence-electron chi connectivity index (χ3n) is 3.04. The smallest absolute Gasteiger partial charge is 0.338 e. The number of urea groups is 1. The topological polar surface area (TPSA) is 131 Å². The summed E-state index contributed by atoms with van der Waals surface area (Å²) in [6, 6.07) is 4.53. The highest BCUT2D eigenvalue weighted by molar-refractivity contribution is 7.89. The van der Waals surface area contributed by atoms with Gasteiger partial charge in [-0.2, -0.15) is 0 Å². The van der Waals surface area contributed by atoms with Crippen LogP contribution in [0.25, 0.3) is 0 Å². The zero-order valence-corrected chi connectivity index (χ0v) is 15.0. The molecular formula is C15H21N3O6S. The number of sulfonamides is 1. The number of rotatable bonds is 7. The molecule has 0 saturated heterocycles. The van der Waals surface area contributed by atoms with Gasteiger partial charge in [-0.05, 0) is 31.5 Å². The zero-order valence-electron chi connectivity index (χ0n) is 14.2. The standard InChI is InChI=1S/C15H21N3O6S/c1-4-8-17-25(22,23)12-7-5-6-11(9-12)14(20)24-10(2)13(19)18-15(21)16-3/h5-7,9-10,17H,4,8H2,1-3H3,(H2,16,18,19,21)/t10-/m0/s1. The van der Waals surface area contributed by atoms with Gasteiger partial charge in [-0.15, -0.1) is 0 Å². The second-order valence-corrected chi connectivity index (χ2v) is 6.81. The molecule has 1 aromatic carbocycles. The fourth-order valence-electron chi connectivity index (χ4n) is 1.67. The van der Waals surface area contributed by atoms with E-state index in [0.29, 0.717) is 6.42 Å². The number of imide groups is 1. The summed E-state index contributed by atoms with van der Waals surface area (Å²) in [5.41, 5.74) is -0.0287. The predicted molar refractivity (Wildman–Crippen MR) is 89.4 cm³/mol. The van der Waals surface area contributed by atoms with Crippen molar-refractivity contribution in [1.82, 2.24) is 15.4 Å². The van der Waals surface area contributed by atoms with Crippen LogP contribution in [0.3, 0.4) is 0 Å². The highest BCUT2D eigenvalue weighted by Crippen LogP contribution is 2.13. The number of amides is 3. The molecule has 25 heavy (non-hydrogen) atoms. The molecule has 0 heterocycles. The minimum atomic E-state index is -3.73. The Balaban J connectivity index is 2.84. The van der Waals surface area contributed by atoms with Crippen LogP contribution >= 0.6 is 0 Å². The summed E-state index contributed by atoms with van der Waals surface area (Å²) >= 11 is 0. The largest absolute Gasteiger partial charge is 0.449 e. The molecule has 3 amide bonds. The highest BCUT2D eigenvalue weighted by Gasteiger charge is 2.22. The highest BCUT2D eigenvalue weighted by atomic mass is 32.2. The van der Waals surface area contributed by atoms with Crippen molar-refractivity contribution in [3.63, 3.8) is 0 Å². The number of nitrogens with one attached hydrogen (secondary N) is 3. The molecule has 0 aliphatic carbocycles. The van der Waals surface area contributed by atoms with Crippen LogP contribution < -0.4 is 15.4 Å². The van der Waals surface area contributed by atoms with Crippen LogP contribution in [0.15, 0.2) is 29.2 Å². The zero-order chi connectivity index (χ0) is 19.0. The van der Waals surface area contributed by atoms with Crippen molar-refractivity contribution in [2.75, 3.05) is 13.6 Å². The van der Waals surface area contributed by atoms with E-state index in [1.54, 1.807) is 0 Å². The second kappa shape index (κ2) is 9.14. The summed E-state index contributed by atoms with van der Waals surface area (Å²) < 4.78 is 31.5. The molecule has 10 heteroatoms. The lowest BCUT2D eigenvalue weighted by molar-refractivity contribution is -0.127. The number of esters is 1. The van der Waals surface area contributed by atoms with Crippen molar-refractivity contribution >= 4 is 27.9 Å². The van der Waals surface area contributed by atoms with Crippen LogP contribution in [0.4, 0.5) is 4.79 Å². The van der Waals surface area contributed by atoms with E-state index >= 15 is 0 Å². The van der Waals surface area contributed by atoms with Crippen molar-refractivity contribution in [2.24, 2.45) is 0 Å². The lowest BCUT2D eigenvalue weighted by Gasteiger charge is -2.13. The minimum Gasteiger partial charge on any atom is -0.449 e. The fraction of sp³-hybridized carbons (Fsp3) is 0.400. The molecule has 138 valence electrons. The van der Waals surface area contributed by atoms with Gasteiger partial charge in [-0.25, -0.2) is 22.7 Å². The summed E-state index contributed by atoms with van der Waals surface area (Å²) in [6.07, 6.45) is -0.609. The van der Waals surface area contributed by atoms with Gasteiger partial charge in [0, 0.05) is 13.6 Å². The first-order valence-electron chi connectivity index (χ1n) is 7.54. The van der Waals surface area contributed by atoms with E-state index < -0.39 is 34.0 Å². The molecular weight excluding hydrogens is 350 g/mol. The van der Waals surface area contributed by atoms with Crippen LogP contribution in [0.5, 0.6) is 0 Å². The first-order valence-corrected chi connectivity index (χ1v) is 9.02. The van der Waals surface area contributed by atoms with E-state index in [2.05, 4.69) is 10.0 Å². The average Bonchev–Trinajstić information content (AvgIpc) is 2.59.